The van der Waals surface area contributed by atoms with E-state index in [1.807, 2.05) is 11.9 Å². The molecule has 0 radical (unpaired) electrons. The van der Waals surface area contributed by atoms with Gasteiger partial charge in [0.25, 0.3) is 0 Å². The van der Waals surface area contributed by atoms with Crippen molar-refractivity contribution in [1.82, 2.24) is 9.80 Å². The second kappa shape index (κ2) is 10.1. The molecule has 176 valence electrons. The second-order valence-corrected chi connectivity index (χ2v) is 10.5. The van der Waals surface area contributed by atoms with Crippen molar-refractivity contribution < 1.29 is 14.3 Å². The smallest absolute Gasteiger partial charge is 0.228 e. The first-order valence-electron chi connectivity index (χ1n) is 13.0. The lowest BCUT2D eigenvalue weighted by molar-refractivity contribution is -0.137. The van der Waals surface area contributed by atoms with Gasteiger partial charge in [-0.05, 0) is 94.5 Å². The van der Waals surface area contributed by atoms with E-state index in [9.17, 15) is 4.79 Å². The molecule has 32 heavy (non-hydrogen) atoms. The van der Waals surface area contributed by atoms with Crippen LogP contribution in [-0.4, -0.2) is 68.3 Å². The molecule has 5 rings (SSSR count). The Morgan fingerprint density at radius 1 is 1.06 bits per heavy atom. The van der Waals surface area contributed by atoms with Crippen LogP contribution in [0.1, 0.15) is 68.4 Å². The van der Waals surface area contributed by atoms with Crippen LogP contribution in [0.25, 0.3) is 0 Å². The van der Waals surface area contributed by atoms with E-state index >= 15 is 0 Å². The molecular weight excluding hydrogens is 400 g/mol. The molecule has 5 nitrogen and oxygen atoms in total. The fourth-order valence-electron chi connectivity index (χ4n) is 6.48. The summed E-state index contributed by atoms with van der Waals surface area (Å²) >= 11 is 0. The Kier molecular flexibility index (Phi) is 7.03. The summed E-state index contributed by atoms with van der Waals surface area (Å²) in [4.78, 5) is 17.4. The molecular formula is C27H40N2O3. The average Bonchev–Trinajstić information content (AvgIpc) is 3.55. The standard InChI is InChI=1S/C27H40N2O3/c1-28(27(30)22-12-17-31-19-22)23-7-5-20(6-8-23)9-14-29-15-10-21(11-16-29)24-3-2-4-26-25(24)13-18-32-26/h2-4,20-23H,5-19H2,1H3. The molecule has 1 unspecified atom stereocenters. The third kappa shape index (κ3) is 4.84. The van der Waals surface area contributed by atoms with E-state index in [-0.39, 0.29) is 5.92 Å². The molecule has 5 heteroatoms. The number of hydrogen-bond acceptors (Lipinski definition) is 4. The van der Waals surface area contributed by atoms with E-state index in [2.05, 4.69) is 23.1 Å². The number of nitrogens with zero attached hydrogens (tertiary/aromatic N) is 2. The van der Waals surface area contributed by atoms with E-state index < -0.39 is 0 Å². The number of amides is 1. The molecule has 0 aromatic heterocycles. The van der Waals surface area contributed by atoms with Crippen molar-refractivity contribution in [2.75, 3.05) is 46.5 Å². The number of hydrogen-bond donors (Lipinski definition) is 0. The van der Waals surface area contributed by atoms with Crippen molar-refractivity contribution in [2.45, 2.75) is 69.7 Å². The zero-order valence-electron chi connectivity index (χ0n) is 19.8. The fraction of sp³-hybridized carbons (Fsp3) is 0.741. The highest BCUT2D eigenvalue weighted by Gasteiger charge is 2.32. The van der Waals surface area contributed by atoms with Gasteiger partial charge in [-0.1, -0.05) is 12.1 Å². The van der Waals surface area contributed by atoms with Crippen LogP contribution in [0, 0.1) is 11.8 Å². The Balaban J connectivity index is 1.03. The first-order chi connectivity index (χ1) is 15.7. The molecule has 1 aromatic rings. The predicted molar refractivity (Wildman–Crippen MR) is 126 cm³/mol. The number of likely N-dealkylation sites (tertiary alicyclic amines) is 1. The number of piperidine rings is 1. The quantitative estimate of drug-likeness (QED) is 0.663. The summed E-state index contributed by atoms with van der Waals surface area (Å²) in [6.45, 7) is 5.92. The second-order valence-electron chi connectivity index (χ2n) is 10.5. The maximum absolute atomic E-state index is 12.7. The van der Waals surface area contributed by atoms with Crippen LogP contribution in [0.3, 0.4) is 0 Å². The van der Waals surface area contributed by atoms with E-state index in [0.717, 1.165) is 37.7 Å². The Hall–Kier alpha value is -1.59. The molecule has 0 N–H and O–H groups in total. The highest BCUT2D eigenvalue weighted by molar-refractivity contribution is 5.79. The molecule has 4 aliphatic rings. The van der Waals surface area contributed by atoms with Crippen molar-refractivity contribution >= 4 is 5.91 Å². The highest BCUT2D eigenvalue weighted by Crippen LogP contribution is 2.37. The van der Waals surface area contributed by atoms with Crippen molar-refractivity contribution in [3.8, 4) is 5.75 Å². The molecule has 0 spiro atoms. The van der Waals surface area contributed by atoms with Crippen LogP contribution in [0.4, 0.5) is 0 Å². The lowest BCUT2D eigenvalue weighted by atomic mass is 9.82. The molecule has 1 aliphatic carbocycles. The van der Waals surface area contributed by atoms with E-state index in [1.54, 1.807) is 5.56 Å². The van der Waals surface area contributed by atoms with E-state index in [1.165, 1.54) is 70.1 Å². The van der Waals surface area contributed by atoms with Gasteiger partial charge in [0.2, 0.25) is 5.91 Å². The topological polar surface area (TPSA) is 42.0 Å². The number of ether oxygens (including phenoxy) is 2. The summed E-state index contributed by atoms with van der Waals surface area (Å²) in [5, 5.41) is 0. The highest BCUT2D eigenvalue weighted by atomic mass is 16.5. The van der Waals surface area contributed by atoms with Gasteiger partial charge >= 0.3 is 0 Å². The van der Waals surface area contributed by atoms with Gasteiger partial charge in [0, 0.05) is 31.7 Å². The summed E-state index contributed by atoms with van der Waals surface area (Å²) in [5.74, 6) is 3.08. The van der Waals surface area contributed by atoms with Crippen LogP contribution in [0.5, 0.6) is 5.75 Å². The Bertz CT molecular complexity index is 775. The van der Waals surface area contributed by atoms with Crippen molar-refractivity contribution in [3.05, 3.63) is 29.3 Å². The van der Waals surface area contributed by atoms with Crippen molar-refractivity contribution in [1.29, 1.82) is 0 Å². The minimum absolute atomic E-state index is 0.102. The minimum Gasteiger partial charge on any atom is -0.493 e. The third-order valence-corrected chi connectivity index (χ3v) is 8.65. The SMILES string of the molecule is CN(C(=O)C1CCOC1)C1CCC(CCN2CCC(c3cccc4c3CCO4)CC2)CC1. The molecule has 1 amide bonds. The van der Waals surface area contributed by atoms with Gasteiger partial charge in [-0.25, -0.2) is 0 Å². The van der Waals surface area contributed by atoms with Crippen molar-refractivity contribution in [3.63, 3.8) is 0 Å². The monoisotopic (exact) mass is 440 g/mol. The average molecular weight is 441 g/mol. The largest absolute Gasteiger partial charge is 0.493 e. The molecule has 3 heterocycles. The van der Waals surface area contributed by atoms with E-state index in [4.69, 9.17) is 9.47 Å². The third-order valence-electron chi connectivity index (χ3n) is 8.65. The minimum atomic E-state index is 0.102. The fourth-order valence-corrected chi connectivity index (χ4v) is 6.48. The summed E-state index contributed by atoms with van der Waals surface area (Å²) in [5.41, 5.74) is 3.03. The van der Waals surface area contributed by atoms with Crippen molar-refractivity contribution in [2.24, 2.45) is 11.8 Å². The van der Waals surface area contributed by atoms with Crippen LogP contribution >= 0.6 is 0 Å². The van der Waals surface area contributed by atoms with Crippen LogP contribution in [0.2, 0.25) is 0 Å². The number of benzene rings is 1. The summed E-state index contributed by atoms with van der Waals surface area (Å²) in [6, 6.07) is 7.08. The maximum atomic E-state index is 12.7. The molecule has 3 fully saturated rings. The Morgan fingerprint density at radius 3 is 2.62 bits per heavy atom. The number of rotatable bonds is 6. The van der Waals surface area contributed by atoms with Crippen LogP contribution in [0.15, 0.2) is 18.2 Å². The Labute approximate surface area is 193 Å². The summed E-state index contributed by atoms with van der Waals surface area (Å²) in [7, 11) is 2.02. The van der Waals surface area contributed by atoms with Crippen LogP contribution in [-0.2, 0) is 16.0 Å². The van der Waals surface area contributed by atoms with Gasteiger partial charge < -0.3 is 19.3 Å². The number of carbonyl (C=O) groups excluding carboxylic acids is 1. The van der Waals surface area contributed by atoms with Gasteiger partial charge in [-0.2, -0.15) is 0 Å². The van der Waals surface area contributed by atoms with Gasteiger partial charge in [0.15, 0.2) is 0 Å². The molecule has 1 atom stereocenters. The van der Waals surface area contributed by atoms with Gasteiger partial charge in [0.05, 0.1) is 19.1 Å². The lowest BCUT2D eigenvalue weighted by Gasteiger charge is -2.37. The molecule has 3 aliphatic heterocycles. The Morgan fingerprint density at radius 2 is 1.88 bits per heavy atom. The molecule has 2 saturated heterocycles. The maximum Gasteiger partial charge on any atom is 0.228 e. The first kappa shape index (κ1) is 22.2. The van der Waals surface area contributed by atoms with Gasteiger partial charge in [-0.15, -0.1) is 0 Å². The summed E-state index contributed by atoms with van der Waals surface area (Å²) < 4.78 is 11.2. The lowest BCUT2D eigenvalue weighted by Crippen LogP contribution is -2.43. The van der Waals surface area contributed by atoms with E-state index in [0.29, 0.717) is 24.5 Å². The predicted octanol–water partition coefficient (Wildman–Crippen LogP) is 4.24. The molecule has 1 saturated carbocycles. The number of carbonyl (C=O) groups is 1. The zero-order valence-corrected chi connectivity index (χ0v) is 19.8. The first-order valence-corrected chi connectivity index (χ1v) is 13.0. The zero-order chi connectivity index (χ0) is 21.9. The summed E-state index contributed by atoms with van der Waals surface area (Å²) in [6.07, 6.45) is 10.8. The van der Waals surface area contributed by atoms with Crippen LogP contribution < -0.4 is 4.74 Å². The molecule has 0 bridgehead atoms. The molecule has 1 aromatic carbocycles. The van der Waals surface area contributed by atoms with Gasteiger partial charge in [0.1, 0.15) is 5.75 Å². The van der Waals surface area contributed by atoms with Gasteiger partial charge in [-0.3, -0.25) is 4.79 Å². The number of fused-ring (bicyclic) bond motifs is 1. The normalized spacial score (nSPS) is 29.0.